The summed E-state index contributed by atoms with van der Waals surface area (Å²) in [5.74, 6) is -0.235. The maximum Gasteiger partial charge on any atom is 0.252 e. The van der Waals surface area contributed by atoms with Crippen molar-refractivity contribution >= 4 is 53.3 Å². The number of rotatable bonds is 4. The van der Waals surface area contributed by atoms with Gasteiger partial charge in [-0.1, -0.05) is 40.9 Å². The van der Waals surface area contributed by atoms with Crippen LogP contribution in [0.2, 0.25) is 15.1 Å². The molecule has 0 aliphatic rings. The van der Waals surface area contributed by atoms with Gasteiger partial charge in [-0.2, -0.15) is 0 Å². The zero-order valence-corrected chi connectivity index (χ0v) is 14.0. The summed E-state index contributed by atoms with van der Waals surface area (Å²) in [6, 6.07) is 10.3. The molecule has 0 heterocycles. The molecule has 2 nitrogen and oxygen atoms in total. The average molecular weight is 361 g/mol. The standard InChI is InChI=1S/C15H12Cl3NOS/c16-10-2-1-9(14(18)7-10)5-6-19-15(20)12-8-11(21)3-4-13(12)17/h1-4,7-8,21H,5-6H2,(H,19,20). The minimum Gasteiger partial charge on any atom is -0.352 e. The summed E-state index contributed by atoms with van der Waals surface area (Å²) < 4.78 is 0. The van der Waals surface area contributed by atoms with Crippen molar-refractivity contribution in [1.29, 1.82) is 0 Å². The molecular formula is C15H12Cl3NOS. The number of carbonyl (C=O) groups excluding carboxylic acids is 1. The van der Waals surface area contributed by atoms with Crippen LogP contribution in [0, 0.1) is 0 Å². The molecule has 0 radical (unpaired) electrons. The molecule has 1 N–H and O–H groups in total. The second-order valence-electron chi connectivity index (χ2n) is 4.41. The molecule has 0 spiro atoms. The summed E-state index contributed by atoms with van der Waals surface area (Å²) in [6.45, 7) is 0.452. The molecule has 1 amide bonds. The molecule has 0 aliphatic carbocycles. The zero-order valence-electron chi connectivity index (χ0n) is 10.9. The molecule has 21 heavy (non-hydrogen) atoms. The van der Waals surface area contributed by atoms with Gasteiger partial charge in [-0.25, -0.2) is 0 Å². The number of nitrogens with one attached hydrogen (secondary N) is 1. The Morgan fingerprint density at radius 2 is 1.81 bits per heavy atom. The SMILES string of the molecule is O=C(NCCc1ccc(Cl)cc1Cl)c1cc(S)ccc1Cl. The molecule has 0 fully saturated rings. The molecule has 0 bridgehead atoms. The predicted molar refractivity (Wildman–Crippen MR) is 91.2 cm³/mol. The number of amides is 1. The highest BCUT2D eigenvalue weighted by molar-refractivity contribution is 7.80. The Morgan fingerprint density at radius 1 is 1.05 bits per heavy atom. The van der Waals surface area contributed by atoms with Crippen molar-refractivity contribution in [3.05, 3.63) is 62.6 Å². The van der Waals surface area contributed by atoms with E-state index in [1.165, 1.54) is 0 Å². The highest BCUT2D eigenvalue weighted by Crippen LogP contribution is 2.22. The van der Waals surface area contributed by atoms with Gasteiger partial charge in [-0.15, -0.1) is 12.6 Å². The maximum atomic E-state index is 12.1. The van der Waals surface area contributed by atoms with Crippen LogP contribution in [-0.2, 0) is 6.42 Å². The summed E-state index contributed by atoms with van der Waals surface area (Å²) >= 11 is 22.1. The van der Waals surface area contributed by atoms with Crippen LogP contribution in [0.15, 0.2) is 41.3 Å². The summed E-state index contributed by atoms with van der Waals surface area (Å²) in [7, 11) is 0. The summed E-state index contributed by atoms with van der Waals surface area (Å²) in [5, 5.41) is 4.38. The first-order chi connectivity index (χ1) is 9.97. The molecule has 6 heteroatoms. The van der Waals surface area contributed by atoms with Gasteiger partial charge >= 0.3 is 0 Å². The number of thiol groups is 1. The minimum absolute atomic E-state index is 0.235. The van der Waals surface area contributed by atoms with Crippen LogP contribution in [0.1, 0.15) is 15.9 Å². The fourth-order valence-electron chi connectivity index (χ4n) is 1.82. The van der Waals surface area contributed by atoms with E-state index >= 15 is 0 Å². The quantitative estimate of drug-likeness (QED) is 0.745. The Balaban J connectivity index is 1.97. The predicted octanol–water partition coefficient (Wildman–Crippen LogP) is 4.91. The zero-order chi connectivity index (χ0) is 15.4. The van der Waals surface area contributed by atoms with E-state index in [0.717, 1.165) is 5.56 Å². The number of benzene rings is 2. The average Bonchev–Trinajstić information content (AvgIpc) is 2.43. The van der Waals surface area contributed by atoms with Gasteiger partial charge in [0.15, 0.2) is 0 Å². The number of carbonyl (C=O) groups is 1. The molecule has 0 atom stereocenters. The van der Waals surface area contributed by atoms with Crippen LogP contribution in [0.3, 0.4) is 0 Å². The van der Waals surface area contributed by atoms with Crippen molar-refractivity contribution in [3.63, 3.8) is 0 Å². The molecule has 0 aliphatic heterocycles. The van der Waals surface area contributed by atoms with E-state index in [-0.39, 0.29) is 5.91 Å². The van der Waals surface area contributed by atoms with Gasteiger partial charge in [-0.05, 0) is 42.3 Å². The monoisotopic (exact) mass is 359 g/mol. The van der Waals surface area contributed by atoms with Crippen LogP contribution in [0.4, 0.5) is 0 Å². The van der Waals surface area contributed by atoms with Gasteiger partial charge in [0.2, 0.25) is 0 Å². The Hall–Kier alpha value is -0.870. The summed E-state index contributed by atoms with van der Waals surface area (Å²) in [5.41, 5.74) is 1.33. The topological polar surface area (TPSA) is 29.1 Å². The van der Waals surface area contributed by atoms with Crippen LogP contribution in [0.25, 0.3) is 0 Å². The fraction of sp³-hybridized carbons (Fsp3) is 0.133. The lowest BCUT2D eigenvalue weighted by atomic mass is 10.1. The van der Waals surface area contributed by atoms with E-state index in [1.807, 2.05) is 6.07 Å². The van der Waals surface area contributed by atoms with Gasteiger partial charge < -0.3 is 5.32 Å². The number of hydrogen-bond acceptors (Lipinski definition) is 2. The fourth-order valence-corrected chi connectivity index (χ4v) is 2.73. The van der Waals surface area contributed by atoms with E-state index in [9.17, 15) is 4.79 Å². The third kappa shape index (κ3) is 4.55. The Kier molecular flexibility index (Phi) is 5.82. The highest BCUT2D eigenvalue weighted by atomic mass is 35.5. The summed E-state index contributed by atoms with van der Waals surface area (Å²) in [4.78, 5) is 12.7. The lowest BCUT2D eigenvalue weighted by molar-refractivity contribution is 0.0954. The Bertz CT molecular complexity index is 676. The largest absolute Gasteiger partial charge is 0.352 e. The van der Waals surface area contributed by atoms with Crippen molar-refractivity contribution < 1.29 is 4.79 Å². The van der Waals surface area contributed by atoms with Crippen LogP contribution >= 0.6 is 47.4 Å². The molecular weight excluding hydrogens is 349 g/mol. The normalized spacial score (nSPS) is 10.5. The minimum atomic E-state index is -0.235. The first kappa shape index (κ1) is 16.5. The molecule has 110 valence electrons. The summed E-state index contributed by atoms with van der Waals surface area (Å²) in [6.07, 6.45) is 0.611. The molecule has 0 saturated carbocycles. The van der Waals surface area contributed by atoms with E-state index in [0.29, 0.717) is 38.5 Å². The maximum absolute atomic E-state index is 12.1. The second-order valence-corrected chi connectivity index (χ2v) is 6.17. The van der Waals surface area contributed by atoms with E-state index < -0.39 is 0 Å². The van der Waals surface area contributed by atoms with Gasteiger partial charge in [0, 0.05) is 21.5 Å². The van der Waals surface area contributed by atoms with Crippen molar-refractivity contribution in [3.8, 4) is 0 Å². The smallest absolute Gasteiger partial charge is 0.252 e. The van der Waals surface area contributed by atoms with Gasteiger partial charge in [0.25, 0.3) is 5.91 Å². The molecule has 0 unspecified atom stereocenters. The van der Waals surface area contributed by atoms with E-state index in [4.69, 9.17) is 34.8 Å². The lowest BCUT2D eigenvalue weighted by Crippen LogP contribution is -2.26. The molecule has 0 aromatic heterocycles. The lowest BCUT2D eigenvalue weighted by Gasteiger charge is -2.08. The van der Waals surface area contributed by atoms with Gasteiger partial charge in [-0.3, -0.25) is 4.79 Å². The van der Waals surface area contributed by atoms with Gasteiger partial charge in [0.05, 0.1) is 10.6 Å². The van der Waals surface area contributed by atoms with Crippen molar-refractivity contribution in [2.45, 2.75) is 11.3 Å². The highest BCUT2D eigenvalue weighted by Gasteiger charge is 2.10. The van der Waals surface area contributed by atoms with Crippen molar-refractivity contribution in [2.24, 2.45) is 0 Å². The number of halogens is 3. The van der Waals surface area contributed by atoms with E-state index in [1.54, 1.807) is 30.3 Å². The third-order valence-corrected chi connectivity index (χ3v) is 4.08. The molecule has 2 rings (SSSR count). The third-order valence-electron chi connectivity index (χ3n) is 2.89. The van der Waals surface area contributed by atoms with Crippen LogP contribution < -0.4 is 5.32 Å². The first-order valence-electron chi connectivity index (χ1n) is 6.18. The molecule has 2 aromatic carbocycles. The van der Waals surface area contributed by atoms with Crippen molar-refractivity contribution in [2.75, 3.05) is 6.54 Å². The molecule has 2 aromatic rings. The molecule has 0 saturated heterocycles. The van der Waals surface area contributed by atoms with Crippen LogP contribution in [-0.4, -0.2) is 12.5 Å². The van der Waals surface area contributed by atoms with Crippen molar-refractivity contribution in [1.82, 2.24) is 5.32 Å². The number of hydrogen-bond donors (Lipinski definition) is 2. The van der Waals surface area contributed by atoms with Gasteiger partial charge in [0.1, 0.15) is 0 Å². The van der Waals surface area contributed by atoms with Crippen LogP contribution in [0.5, 0.6) is 0 Å². The Labute approximate surface area is 143 Å². The second kappa shape index (κ2) is 7.41. The van der Waals surface area contributed by atoms with E-state index in [2.05, 4.69) is 17.9 Å². The first-order valence-corrected chi connectivity index (χ1v) is 7.76. The Morgan fingerprint density at radius 3 is 2.52 bits per heavy atom.